The van der Waals surface area contributed by atoms with Gasteiger partial charge in [0.05, 0.1) is 18.8 Å². The number of alkyl halides is 1. The van der Waals surface area contributed by atoms with Gasteiger partial charge in [-0.25, -0.2) is 4.98 Å². The SMILES string of the molecule is COCCN(CCCl)Cc1nc(C(C)(C)C)cs1. The molecule has 0 N–H and O–H groups in total. The van der Waals surface area contributed by atoms with Crippen molar-refractivity contribution in [2.24, 2.45) is 0 Å². The number of aromatic nitrogens is 1. The maximum absolute atomic E-state index is 5.82. The van der Waals surface area contributed by atoms with Gasteiger partial charge in [-0.15, -0.1) is 22.9 Å². The lowest BCUT2D eigenvalue weighted by molar-refractivity contribution is 0.148. The van der Waals surface area contributed by atoms with Crippen LogP contribution in [0.5, 0.6) is 0 Å². The zero-order valence-corrected chi connectivity index (χ0v) is 13.3. The highest BCUT2D eigenvalue weighted by Crippen LogP contribution is 2.24. The van der Waals surface area contributed by atoms with E-state index < -0.39 is 0 Å². The first-order valence-electron chi connectivity index (χ1n) is 6.19. The Hall–Kier alpha value is -0.160. The van der Waals surface area contributed by atoms with Crippen molar-refractivity contribution >= 4 is 22.9 Å². The second kappa shape index (κ2) is 7.43. The van der Waals surface area contributed by atoms with E-state index in [2.05, 4.69) is 31.1 Å². The smallest absolute Gasteiger partial charge is 0.107 e. The van der Waals surface area contributed by atoms with Crippen LogP contribution in [0.3, 0.4) is 0 Å². The minimum Gasteiger partial charge on any atom is -0.383 e. The largest absolute Gasteiger partial charge is 0.383 e. The summed E-state index contributed by atoms with van der Waals surface area (Å²) in [5.74, 6) is 0.640. The molecule has 1 aromatic rings. The molecule has 18 heavy (non-hydrogen) atoms. The van der Waals surface area contributed by atoms with Crippen molar-refractivity contribution in [1.29, 1.82) is 0 Å². The molecular weight excluding hydrogens is 268 g/mol. The molecule has 0 aromatic carbocycles. The highest BCUT2D eigenvalue weighted by Gasteiger charge is 2.18. The standard InChI is InChI=1S/C13H23ClN2OS/c1-13(2,3)11-10-18-12(15-11)9-16(6-5-14)7-8-17-4/h10H,5-9H2,1-4H3. The van der Waals surface area contributed by atoms with Crippen LogP contribution in [0, 0.1) is 0 Å². The zero-order valence-electron chi connectivity index (χ0n) is 11.7. The predicted octanol–water partition coefficient (Wildman–Crippen LogP) is 3.13. The van der Waals surface area contributed by atoms with Gasteiger partial charge in [0, 0.05) is 36.9 Å². The molecule has 0 fully saturated rings. The Bertz CT molecular complexity index is 349. The van der Waals surface area contributed by atoms with Gasteiger partial charge in [-0.2, -0.15) is 0 Å². The van der Waals surface area contributed by atoms with Gasteiger partial charge in [0.1, 0.15) is 5.01 Å². The van der Waals surface area contributed by atoms with E-state index in [9.17, 15) is 0 Å². The zero-order chi connectivity index (χ0) is 13.6. The van der Waals surface area contributed by atoms with Gasteiger partial charge in [-0.3, -0.25) is 4.90 Å². The highest BCUT2D eigenvalue weighted by molar-refractivity contribution is 7.09. The minimum atomic E-state index is 0.124. The average Bonchev–Trinajstić information content (AvgIpc) is 2.74. The van der Waals surface area contributed by atoms with Crippen molar-refractivity contribution in [3.63, 3.8) is 0 Å². The van der Waals surface area contributed by atoms with Gasteiger partial charge < -0.3 is 4.74 Å². The van der Waals surface area contributed by atoms with E-state index in [1.165, 1.54) is 5.69 Å². The monoisotopic (exact) mass is 290 g/mol. The fourth-order valence-electron chi connectivity index (χ4n) is 1.53. The minimum absolute atomic E-state index is 0.124. The van der Waals surface area contributed by atoms with Gasteiger partial charge in [0.2, 0.25) is 0 Å². The molecule has 0 bridgehead atoms. The van der Waals surface area contributed by atoms with Crippen LogP contribution in [0.25, 0.3) is 0 Å². The Morgan fingerprint density at radius 3 is 2.61 bits per heavy atom. The molecule has 0 aliphatic heterocycles. The van der Waals surface area contributed by atoms with Crippen molar-refractivity contribution in [3.8, 4) is 0 Å². The van der Waals surface area contributed by atoms with E-state index in [1.54, 1.807) is 18.4 Å². The van der Waals surface area contributed by atoms with Gasteiger partial charge in [-0.05, 0) is 0 Å². The highest BCUT2D eigenvalue weighted by atomic mass is 35.5. The molecule has 0 saturated heterocycles. The Morgan fingerprint density at radius 2 is 2.11 bits per heavy atom. The topological polar surface area (TPSA) is 25.4 Å². The van der Waals surface area contributed by atoms with Crippen LogP contribution in [0.4, 0.5) is 0 Å². The van der Waals surface area contributed by atoms with Crippen molar-refractivity contribution in [2.45, 2.75) is 32.7 Å². The molecule has 5 heteroatoms. The molecule has 0 radical (unpaired) electrons. The summed E-state index contributed by atoms with van der Waals surface area (Å²) >= 11 is 7.55. The van der Waals surface area contributed by atoms with E-state index in [1.807, 2.05) is 0 Å². The maximum atomic E-state index is 5.82. The van der Waals surface area contributed by atoms with Crippen LogP contribution in [0.2, 0.25) is 0 Å². The van der Waals surface area contributed by atoms with Gasteiger partial charge in [0.25, 0.3) is 0 Å². The molecule has 0 atom stereocenters. The maximum Gasteiger partial charge on any atom is 0.107 e. The molecule has 0 amide bonds. The summed E-state index contributed by atoms with van der Waals surface area (Å²) in [6.45, 7) is 9.92. The molecule has 1 heterocycles. The van der Waals surface area contributed by atoms with Crippen molar-refractivity contribution < 1.29 is 4.74 Å². The molecule has 3 nitrogen and oxygen atoms in total. The Kier molecular flexibility index (Phi) is 6.57. The first-order chi connectivity index (χ1) is 8.47. The van der Waals surface area contributed by atoms with Gasteiger partial charge in [-0.1, -0.05) is 20.8 Å². The second-order valence-corrected chi connectivity index (χ2v) is 6.66. The van der Waals surface area contributed by atoms with Crippen LogP contribution in [-0.2, 0) is 16.7 Å². The van der Waals surface area contributed by atoms with E-state index in [4.69, 9.17) is 21.3 Å². The summed E-state index contributed by atoms with van der Waals surface area (Å²) in [4.78, 5) is 6.98. The molecule has 0 saturated carbocycles. The predicted molar refractivity (Wildman–Crippen MR) is 78.7 cm³/mol. The number of hydrogen-bond acceptors (Lipinski definition) is 4. The van der Waals surface area contributed by atoms with E-state index in [0.29, 0.717) is 5.88 Å². The summed E-state index contributed by atoms with van der Waals surface area (Å²) in [5, 5.41) is 3.31. The third-order valence-electron chi connectivity index (χ3n) is 2.69. The van der Waals surface area contributed by atoms with Crippen LogP contribution in [0.1, 0.15) is 31.5 Å². The van der Waals surface area contributed by atoms with Crippen molar-refractivity contribution in [3.05, 3.63) is 16.1 Å². The van der Waals surface area contributed by atoms with E-state index >= 15 is 0 Å². The number of methoxy groups -OCH3 is 1. The fraction of sp³-hybridized carbons (Fsp3) is 0.769. The summed E-state index contributed by atoms with van der Waals surface area (Å²) < 4.78 is 5.11. The molecule has 104 valence electrons. The molecule has 1 rings (SSSR count). The third kappa shape index (κ3) is 5.22. The molecular formula is C13H23ClN2OS. The summed E-state index contributed by atoms with van der Waals surface area (Å²) in [7, 11) is 1.72. The summed E-state index contributed by atoms with van der Waals surface area (Å²) in [6.07, 6.45) is 0. The first-order valence-corrected chi connectivity index (χ1v) is 7.61. The van der Waals surface area contributed by atoms with Crippen LogP contribution in [-0.4, -0.2) is 42.6 Å². The Balaban J connectivity index is 2.60. The average molecular weight is 291 g/mol. The lowest BCUT2D eigenvalue weighted by Crippen LogP contribution is -2.29. The Labute approximate surface area is 119 Å². The molecule has 0 unspecified atom stereocenters. The van der Waals surface area contributed by atoms with Crippen LogP contribution < -0.4 is 0 Å². The number of nitrogens with zero attached hydrogens (tertiary/aromatic N) is 2. The number of ether oxygens (including phenoxy) is 1. The fourth-order valence-corrected chi connectivity index (χ4v) is 2.83. The lowest BCUT2D eigenvalue weighted by Gasteiger charge is -2.19. The van der Waals surface area contributed by atoms with Gasteiger partial charge >= 0.3 is 0 Å². The van der Waals surface area contributed by atoms with Crippen molar-refractivity contribution in [2.75, 3.05) is 32.7 Å². The Morgan fingerprint density at radius 1 is 1.39 bits per heavy atom. The van der Waals surface area contributed by atoms with E-state index in [-0.39, 0.29) is 5.41 Å². The molecule has 0 aliphatic rings. The number of hydrogen-bond donors (Lipinski definition) is 0. The first kappa shape index (κ1) is 15.9. The quantitative estimate of drug-likeness (QED) is 0.722. The van der Waals surface area contributed by atoms with Crippen LogP contribution >= 0.6 is 22.9 Å². The van der Waals surface area contributed by atoms with Crippen LogP contribution in [0.15, 0.2) is 5.38 Å². The van der Waals surface area contributed by atoms with E-state index in [0.717, 1.165) is 31.2 Å². The lowest BCUT2D eigenvalue weighted by atomic mass is 9.93. The summed E-state index contributed by atoms with van der Waals surface area (Å²) in [5.41, 5.74) is 1.29. The second-order valence-electron chi connectivity index (χ2n) is 5.33. The number of rotatable bonds is 7. The molecule has 0 spiro atoms. The molecule has 1 aromatic heterocycles. The molecule has 0 aliphatic carbocycles. The number of halogens is 1. The third-order valence-corrected chi connectivity index (χ3v) is 3.69. The normalized spacial score (nSPS) is 12.3. The van der Waals surface area contributed by atoms with Crippen molar-refractivity contribution in [1.82, 2.24) is 9.88 Å². The van der Waals surface area contributed by atoms with Gasteiger partial charge in [0.15, 0.2) is 0 Å². The summed E-state index contributed by atoms with van der Waals surface area (Å²) in [6, 6.07) is 0. The number of thiazole rings is 1.